The van der Waals surface area contributed by atoms with Crippen LogP contribution in [0, 0.1) is 11.6 Å². The monoisotopic (exact) mass is 364 g/mol. The van der Waals surface area contributed by atoms with Crippen molar-refractivity contribution in [2.75, 3.05) is 26.2 Å². The Bertz CT molecular complexity index is 481. The molecule has 2 nitrogen and oxygen atoms in total. The minimum Gasteiger partial charge on any atom is -0.314 e. The number of nitrogens with one attached hydrogen (secondary N) is 1. The van der Waals surface area contributed by atoms with Gasteiger partial charge in [-0.25, -0.2) is 8.78 Å². The van der Waals surface area contributed by atoms with Crippen LogP contribution in [0.5, 0.6) is 0 Å². The second-order valence-electron chi connectivity index (χ2n) is 4.90. The summed E-state index contributed by atoms with van der Waals surface area (Å²) < 4.78 is 66.2. The summed E-state index contributed by atoms with van der Waals surface area (Å²) in [6.45, 7) is 1.54. The molecular weight excluding hydrogens is 350 g/mol. The van der Waals surface area contributed by atoms with E-state index in [9.17, 15) is 22.0 Å². The van der Waals surface area contributed by atoms with E-state index in [1.165, 1.54) is 4.90 Å². The lowest BCUT2D eigenvalue weighted by atomic mass is 9.99. The molecule has 1 saturated heterocycles. The van der Waals surface area contributed by atoms with Crippen molar-refractivity contribution in [1.82, 2.24) is 10.2 Å². The normalized spacial score (nSPS) is 17.9. The number of rotatable bonds is 3. The zero-order chi connectivity index (χ0) is 15.6. The molecule has 1 fully saturated rings. The van der Waals surface area contributed by atoms with Crippen LogP contribution in [-0.4, -0.2) is 37.3 Å². The van der Waals surface area contributed by atoms with Gasteiger partial charge in [0.15, 0.2) is 0 Å². The van der Waals surface area contributed by atoms with E-state index in [0.29, 0.717) is 26.2 Å². The molecule has 0 radical (unpaired) electrons. The molecule has 0 aliphatic carbocycles. The third kappa shape index (κ3) is 4.94. The van der Waals surface area contributed by atoms with Crippen LogP contribution in [0.25, 0.3) is 0 Å². The Morgan fingerprint density at radius 1 is 1.14 bits per heavy atom. The first-order chi connectivity index (χ1) is 9.78. The molecular formula is C13H15Cl2F5N2. The predicted molar refractivity (Wildman–Crippen MR) is 76.5 cm³/mol. The summed E-state index contributed by atoms with van der Waals surface area (Å²) in [4.78, 5) is 1.44. The first-order valence-electron chi connectivity index (χ1n) is 6.44. The number of hydrogen-bond acceptors (Lipinski definition) is 2. The van der Waals surface area contributed by atoms with Crippen molar-refractivity contribution in [3.05, 3.63) is 34.4 Å². The van der Waals surface area contributed by atoms with Crippen molar-refractivity contribution < 1.29 is 22.0 Å². The van der Waals surface area contributed by atoms with Crippen LogP contribution < -0.4 is 5.32 Å². The molecule has 1 aromatic carbocycles. The average molecular weight is 365 g/mol. The molecule has 0 unspecified atom stereocenters. The highest BCUT2D eigenvalue weighted by Gasteiger charge is 2.38. The quantitative estimate of drug-likeness (QED) is 0.817. The second-order valence-corrected chi connectivity index (χ2v) is 5.34. The molecule has 22 heavy (non-hydrogen) atoms. The predicted octanol–water partition coefficient (Wildman–Crippen LogP) is 3.94. The molecule has 1 heterocycles. The number of nitrogens with zero attached hydrogens (tertiary/aromatic N) is 1. The molecule has 1 atom stereocenters. The van der Waals surface area contributed by atoms with Crippen LogP contribution in [0.2, 0.25) is 5.02 Å². The van der Waals surface area contributed by atoms with Crippen LogP contribution >= 0.6 is 24.0 Å². The van der Waals surface area contributed by atoms with Crippen LogP contribution in [0.4, 0.5) is 22.0 Å². The van der Waals surface area contributed by atoms with E-state index in [1.807, 2.05) is 0 Å². The van der Waals surface area contributed by atoms with Gasteiger partial charge < -0.3 is 5.32 Å². The number of piperazine rings is 1. The van der Waals surface area contributed by atoms with Gasteiger partial charge in [0.2, 0.25) is 0 Å². The van der Waals surface area contributed by atoms with Gasteiger partial charge in [0.1, 0.15) is 11.6 Å². The summed E-state index contributed by atoms with van der Waals surface area (Å²) in [6, 6.07) is 0.293. The van der Waals surface area contributed by atoms with Crippen molar-refractivity contribution in [3.63, 3.8) is 0 Å². The maximum atomic E-state index is 14.0. The Balaban J connectivity index is 0.00000242. The van der Waals surface area contributed by atoms with E-state index in [2.05, 4.69) is 5.32 Å². The molecule has 0 spiro atoms. The summed E-state index contributed by atoms with van der Waals surface area (Å²) in [5.74, 6) is -2.10. The van der Waals surface area contributed by atoms with Crippen LogP contribution in [-0.2, 0) is 0 Å². The van der Waals surface area contributed by atoms with Crippen molar-refractivity contribution >= 4 is 24.0 Å². The Hall–Kier alpha value is -0.630. The van der Waals surface area contributed by atoms with Crippen LogP contribution in [0.15, 0.2) is 12.1 Å². The van der Waals surface area contributed by atoms with Gasteiger partial charge in [-0.05, 0) is 12.1 Å². The first kappa shape index (κ1) is 19.4. The van der Waals surface area contributed by atoms with Gasteiger partial charge in [-0.15, -0.1) is 12.4 Å². The molecule has 1 aliphatic rings. The van der Waals surface area contributed by atoms with E-state index in [4.69, 9.17) is 11.6 Å². The molecule has 126 valence electrons. The van der Waals surface area contributed by atoms with Crippen molar-refractivity contribution in [2.24, 2.45) is 0 Å². The summed E-state index contributed by atoms with van der Waals surface area (Å²) in [5, 5.41) is 2.81. The summed E-state index contributed by atoms with van der Waals surface area (Å²) in [5.41, 5.74) is -0.571. The molecule has 0 bridgehead atoms. The van der Waals surface area contributed by atoms with E-state index in [1.54, 1.807) is 0 Å². The molecule has 9 heteroatoms. The fourth-order valence-corrected chi connectivity index (χ4v) is 2.69. The van der Waals surface area contributed by atoms with E-state index >= 15 is 0 Å². The first-order valence-corrected chi connectivity index (χ1v) is 6.81. The van der Waals surface area contributed by atoms with Gasteiger partial charge in [0.05, 0.1) is 6.42 Å². The minimum atomic E-state index is -4.52. The number of benzene rings is 1. The standard InChI is InChI=1S/C13H14ClF5N2.ClH/c14-8-5-9(15)12(10(16)6-8)11(7-13(17,18)19)21-3-1-20-2-4-21;/h5-6,11,20H,1-4,7H2;1H/t11-;/m1./s1. The van der Waals surface area contributed by atoms with Crippen molar-refractivity contribution in [2.45, 2.75) is 18.6 Å². The largest absolute Gasteiger partial charge is 0.390 e. The Kier molecular flexibility index (Phi) is 6.85. The maximum absolute atomic E-state index is 14.0. The smallest absolute Gasteiger partial charge is 0.314 e. The van der Waals surface area contributed by atoms with Gasteiger partial charge in [-0.3, -0.25) is 4.90 Å². The number of halogens is 7. The Morgan fingerprint density at radius 3 is 2.09 bits per heavy atom. The fraction of sp³-hybridized carbons (Fsp3) is 0.538. The average Bonchev–Trinajstić information content (AvgIpc) is 2.36. The lowest BCUT2D eigenvalue weighted by Crippen LogP contribution is -2.46. The minimum absolute atomic E-state index is 0. The van der Waals surface area contributed by atoms with Crippen molar-refractivity contribution in [3.8, 4) is 0 Å². The van der Waals surface area contributed by atoms with Gasteiger partial charge in [0.25, 0.3) is 0 Å². The number of alkyl halides is 3. The third-order valence-electron chi connectivity index (χ3n) is 3.39. The molecule has 0 aromatic heterocycles. The van der Waals surface area contributed by atoms with Gasteiger partial charge in [0, 0.05) is 42.8 Å². The SMILES string of the molecule is Cl.Fc1cc(Cl)cc(F)c1[C@@H](CC(F)(F)F)N1CCNCC1. The Morgan fingerprint density at radius 2 is 1.64 bits per heavy atom. The van der Waals surface area contributed by atoms with Crippen LogP contribution in [0.1, 0.15) is 18.0 Å². The molecule has 2 rings (SSSR count). The van der Waals surface area contributed by atoms with Gasteiger partial charge >= 0.3 is 6.18 Å². The highest BCUT2D eigenvalue weighted by atomic mass is 35.5. The lowest BCUT2D eigenvalue weighted by Gasteiger charge is -2.35. The Labute approximate surface area is 136 Å². The molecule has 0 amide bonds. The summed E-state index contributed by atoms with van der Waals surface area (Å²) in [6.07, 6.45) is -5.82. The highest BCUT2D eigenvalue weighted by Crippen LogP contribution is 2.37. The van der Waals surface area contributed by atoms with E-state index in [0.717, 1.165) is 12.1 Å². The zero-order valence-electron chi connectivity index (χ0n) is 11.4. The topological polar surface area (TPSA) is 15.3 Å². The molecule has 1 N–H and O–H groups in total. The van der Waals surface area contributed by atoms with E-state index in [-0.39, 0.29) is 17.4 Å². The van der Waals surface area contributed by atoms with Crippen molar-refractivity contribution in [1.29, 1.82) is 0 Å². The zero-order valence-corrected chi connectivity index (χ0v) is 13.0. The fourth-order valence-electron chi connectivity index (χ4n) is 2.50. The second kappa shape index (κ2) is 7.77. The van der Waals surface area contributed by atoms with E-state index < -0.39 is 35.8 Å². The maximum Gasteiger partial charge on any atom is 0.390 e. The summed E-state index contributed by atoms with van der Waals surface area (Å²) in [7, 11) is 0. The molecule has 1 aromatic rings. The number of hydrogen-bond donors (Lipinski definition) is 1. The lowest BCUT2D eigenvalue weighted by molar-refractivity contribution is -0.149. The molecule has 0 saturated carbocycles. The molecule has 1 aliphatic heterocycles. The van der Waals surface area contributed by atoms with Crippen LogP contribution in [0.3, 0.4) is 0 Å². The highest BCUT2D eigenvalue weighted by molar-refractivity contribution is 6.30. The van der Waals surface area contributed by atoms with Gasteiger partial charge in [-0.1, -0.05) is 11.6 Å². The van der Waals surface area contributed by atoms with Gasteiger partial charge in [-0.2, -0.15) is 13.2 Å². The summed E-state index contributed by atoms with van der Waals surface area (Å²) >= 11 is 5.52. The third-order valence-corrected chi connectivity index (χ3v) is 3.61.